The van der Waals surface area contributed by atoms with E-state index in [1.165, 1.54) is 18.3 Å². The van der Waals surface area contributed by atoms with Gasteiger partial charge in [0.1, 0.15) is 5.82 Å². The van der Waals surface area contributed by atoms with Crippen molar-refractivity contribution in [2.75, 3.05) is 0 Å². The van der Waals surface area contributed by atoms with Crippen LogP contribution in [0.3, 0.4) is 0 Å². The van der Waals surface area contributed by atoms with Crippen LogP contribution in [-0.4, -0.2) is 21.0 Å². The molecule has 3 rings (SSSR count). The van der Waals surface area contributed by atoms with Crippen LogP contribution in [0.2, 0.25) is 0 Å². The summed E-state index contributed by atoms with van der Waals surface area (Å²) in [7, 11) is 0. The van der Waals surface area contributed by atoms with E-state index in [0.717, 1.165) is 12.8 Å². The number of halogens is 1. The molecule has 0 spiro atoms. The monoisotopic (exact) mass is 258 g/mol. The highest BCUT2D eigenvalue weighted by atomic mass is 19.1. The first-order chi connectivity index (χ1) is 9.15. The zero-order valence-corrected chi connectivity index (χ0v) is 10.0. The third-order valence-electron chi connectivity index (χ3n) is 3.10. The van der Waals surface area contributed by atoms with Gasteiger partial charge in [-0.2, -0.15) is 0 Å². The Labute approximate surface area is 109 Å². The van der Waals surface area contributed by atoms with Gasteiger partial charge in [-0.05, 0) is 25.0 Å². The zero-order valence-electron chi connectivity index (χ0n) is 10.0. The quantitative estimate of drug-likeness (QED) is 0.919. The van der Waals surface area contributed by atoms with Gasteiger partial charge in [-0.3, -0.25) is 0 Å². The summed E-state index contributed by atoms with van der Waals surface area (Å²) < 4.78 is 13.2. The number of hydrogen-bond acceptors (Lipinski definition) is 3. The lowest BCUT2D eigenvalue weighted by atomic mass is 10.1. The van der Waals surface area contributed by atoms with E-state index in [9.17, 15) is 9.18 Å². The third kappa shape index (κ3) is 2.31. The van der Waals surface area contributed by atoms with Crippen molar-refractivity contribution in [1.82, 2.24) is 9.97 Å². The van der Waals surface area contributed by atoms with Crippen molar-refractivity contribution < 1.29 is 14.3 Å². The number of rotatable bonds is 3. The van der Waals surface area contributed by atoms with Crippen molar-refractivity contribution >= 4 is 5.97 Å². The molecule has 0 unspecified atom stereocenters. The molecule has 4 nitrogen and oxygen atoms in total. The number of aromatic nitrogens is 2. The van der Waals surface area contributed by atoms with E-state index >= 15 is 0 Å². The Hall–Kier alpha value is -2.30. The SMILES string of the molecule is O=C(O)c1cnc(-c2cccc(F)c2)nc1C1CC1. The lowest BCUT2D eigenvalue weighted by molar-refractivity contribution is 0.0694. The molecular formula is C14H11FN2O2. The van der Waals surface area contributed by atoms with E-state index in [2.05, 4.69) is 9.97 Å². The number of carboxylic acids is 1. The van der Waals surface area contributed by atoms with E-state index in [1.54, 1.807) is 12.1 Å². The Morgan fingerprint density at radius 1 is 1.37 bits per heavy atom. The lowest BCUT2D eigenvalue weighted by Crippen LogP contribution is -2.06. The second kappa shape index (κ2) is 4.42. The van der Waals surface area contributed by atoms with Crippen LogP contribution in [0.4, 0.5) is 4.39 Å². The predicted molar refractivity (Wildman–Crippen MR) is 66.4 cm³/mol. The molecule has 5 heteroatoms. The minimum Gasteiger partial charge on any atom is -0.478 e. The summed E-state index contributed by atoms with van der Waals surface area (Å²) in [6.07, 6.45) is 3.20. The number of carboxylic acid groups (broad SMARTS) is 1. The van der Waals surface area contributed by atoms with Crippen molar-refractivity contribution in [1.29, 1.82) is 0 Å². The molecule has 0 saturated heterocycles. The molecule has 1 heterocycles. The molecule has 1 saturated carbocycles. The Morgan fingerprint density at radius 2 is 2.16 bits per heavy atom. The first-order valence-corrected chi connectivity index (χ1v) is 6.01. The Kier molecular flexibility index (Phi) is 2.74. The Balaban J connectivity index is 2.08. The molecule has 0 aliphatic heterocycles. The van der Waals surface area contributed by atoms with Crippen molar-refractivity contribution in [2.45, 2.75) is 18.8 Å². The minimum absolute atomic E-state index is 0.141. The lowest BCUT2D eigenvalue weighted by Gasteiger charge is -2.06. The molecule has 1 aromatic carbocycles. The van der Waals surface area contributed by atoms with Gasteiger partial charge in [-0.1, -0.05) is 12.1 Å². The largest absolute Gasteiger partial charge is 0.478 e. The molecule has 96 valence electrons. The third-order valence-corrected chi connectivity index (χ3v) is 3.10. The molecule has 2 aromatic rings. The fourth-order valence-corrected chi connectivity index (χ4v) is 1.99. The maximum atomic E-state index is 13.2. The molecule has 0 bridgehead atoms. The summed E-state index contributed by atoms with van der Waals surface area (Å²) in [5.41, 5.74) is 1.25. The van der Waals surface area contributed by atoms with Crippen LogP contribution in [0.25, 0.3) is 11.4 Å². The molecule has 0 radical (unpaired) electrons. The highest BCUT2D eigenvalue weighted by molar-refractivity contribution is 5.89. The maximum Gasteiger partial charge on any atom is 0.339 e. The minimum atomic E-state index is -1.02. The Bertz CT molecular complexity index is 654. The summed E-state index contributed by atoms with van der Waals surface area (Å²) in [5.74, 6) is -0.822. The van der Waals surface area contributed by atoms with E-state index in [4.69, 9.17) is 5.11 Å². The summed E-state index contributed by atoms with van der Waals surface area (Å²) in [4.78, 5) is 19.4. The van der Waals surface area contributed by atoms with Crippen molar-refractivity contribution in [3.63, 3.8) is 0 Å². The molecule has 1 N–H and O–H groups in total. The average molecular weight is 258 g/mol. The fourth-order valence-electron chi connectivity index (χ4n) is 1.99. The fraction of sp³-hybridized carbons (Fsp3) is 0.214. The van der Waals surface area contributed by atoms with Gasteiger partial charge >= 0.3 is 5.97 Å². The van der Waals surface area contributed by atoms with E-state index in [0.29, 0.717) is 17.1 Å². The highest BCUT2D eigenvalue weighted by Crippen LogP contribution is 2.41. The van der Waals surface area contributed by atoms with Crippen molar-refractivity contribution in [3.05, 3.63) is 47.5 Å². The molecule has 0 atom stereocenters. The number of benzene rings is 1. The molecular weight excluding hydrogens is 247 g/mol. The van der Waals surface area contributed by atoms with Gasteiger partial charge < -0.3 is 5.11 Å². The van der Waals surface area contributed by atoms with E-state index in [1.807, 2.05) is 0 Å². The van der Waals surface area contributed by atoms with Gasteiger partial charge in [0.2, 0.25) is 0 Å². The summed E-state index contributed by atoms with van der Waals surface area (Å²) in [6.45, 7) is 0. The molecule has 1 aromatic heterocycles. The standard InChI is InChI=1S/C14H11FN2O2/c15-10-3-1-2-9(6-10)13-16-7-11(14(18)19)12(17-13)8-4-5-8/h1-3,6-8H,4-5H2,(H,18,19). The maximum absolute atomic E-state index is 13.2. The first kappa shape index (κ1) is 11.8. The van der Waals surface area contributed by atoms with Gasteiger partial charge in [-0.25, -0.2) is 19.2 Å². The van der Waals surface area contributed by atoms with Crippen LogP contribution < -0.4 is 0 Å². The van der Waals surface area contributed by atoms with Crippen LogP contribution in [0, 0.1) is 5.82 Å². The number of nitrogens with zero attached hydrogens (tertiary/aromatic N) is 2. The van der Waals surface area contributed by atoms with Gasteiger partial charge in [0, 0.05) is 17.7 Å². The first-order valence-electron chi connectivity index (χ1n) is 6.01. The van der Waals surface area contributed by atoms with Gasteiger partial charge in [0.25, 0.3) is 0 Å². The topological polar surface area (TPSA) is 63.1 Å². The van der Waals surface area contributed by atoms with Crippen molar-refractivity contribution in [3.8, 4) is 11.4 Å². The van der Waals surface area contributed by atoms with Gasteiger partial charge in [-0.15, -0.1) is 0 Å². The number of hydrogen-bond donors (Lipinski definition) is 1. The number of carbonyl (C=O) groups is 1. The molecule has 19 heavy (non-hydrogen) atoms. The molecule has 1 fully saturated rings. The van der Waals surface area contributed by atoms with Crippen molar-refractivity contribution in [2.24, 2.45) is 0 Å². The summed E-state index contributed by atoms with van der Waals surface area (Å²) in [5, 5.41) is 9.11. The number of aromatic carboxylic acids is 1. The summed E-state index contributed by atoms with van der Waals surface area (Å²) in [6, 6.07) is 5.97. The molecule has 1 aliphatic carbocycles. The zero-order chi connectivity index (χ0) is 13.4. The predicted octanol–water partition coefficient (Wildman–Crippen LogP) is 2.86. The average Bonchev–Trinajstić information content (AvgIpc) is 3.22. The van der Waals surface area contributed by atoms with E-state index < -0.39 is 5.97 Å². The second-order valence-corrected chi connectivity index (χ2v) is 4.58. The van der Waals surface area contributed by atoms with E-state index in [-0.39, 0.29) is 17.3 Å². The van der Waals surface area contributed by atoms with Gasteiger partial charge in [0.15, 0.2) is 5.82 Å². The van der Waals surface area contributed by atoms with Crippen LogP contribution in [-0.2, 0) is 0 Å². The summed E-state index contributed by atoms with van der Waals surface area (Å²) >= 11 is 0. The second-order valence-electron chi connectivity index (χ2n) is 4.58. The Morgan fingerprint density at radius 3 is 2.79 bits per heavy atom. The van der Waals surface area contributed by atoms with Crippen LogP contribution in [0.5, 0.6) is 0 Å². The normalized spacial score (nSPS) is 14.4. The molecule has 0 amide bonds. The van der Waals surface area contributed by atoms with Crippen LogP contribution in [0.1, 0.15) is 34.8 Å². The van der Waals surface area contributed by atoms with Crippen LogP contribution >= 0.6 is 0 Å². The molecule has 1 aliphatic rings. The highest BCUT2D eigenvalue weighted by Gasteiger charge is 2.30. The van der Waals surface area contributed by atoms with Gasteiger partial charge in [0.05, 0.1) is 11.3 Å². The van der Waals surface area contributed by atoms with Crippen LogP contribution in [0.15, 0.2) is 30.5 Å². The smallest absolute Gasteiger partial charge is 0.339 e.